The highest BCUT2D eigenvalue weighted by Gasteiger charge is 2.15. The Kier molecular flexibility index (Phi) is 21.3. The van der Waals surface area contributed by atoms with Crippen molar-refractivity contribution >= 4 is 35.0 Å². The Morgan fingerprint density at radius 2 is 0.671 bits per heavy atom. The van der Waals surface area contributed by atoms with Crippen LogP contribution in [0.5, 0.6) is 0 Å². The molecule has 2 N–H and O–H groups in total. The summed E-state index contributed by atoms with van der Waals surface area (Å²) in [5.74, 6) is -1.83. The van der Waals surface area contributed by atoms with Crippen molar-refractivity contribution in [2.24, 2.45) is 9.98 Å². The van der Waals surface area contributed by atoms with E-state index in [-0.39, 0.29) is 56.9 Å². The number of nitrogens with one attached hydrogen (secondary N) is 2. The third kappa shape index (κ3) is 17.4. The second kappa shape index (κ2) is 29.1. The molecule has 0 saturated carbocycles. The lowest BCUT2D eigenvalue weighted by Gasteiger charge is -2.07. The van der Waals surface area contributed by atoms with Gasteiger partial charge in [-0.25, -0.2) is 29.1 Å². The van der Waals surface area contributed by atoms with Crippen LogP contribution in [0.4, 0.5) is 11.4 Å². The molecular formula is C65H64N10O4+2. The Labute approximate surface area is 461 Å². The van der Waals surface area contributed by atoms with Crippen molar-refractivity contribution in [3.63, 3.8) is 0 Å². The molecule has 14 nitrogen and oxygen atoms in total. The molecule has 0 spiro atoms. The zero-order chi connectivity index (χ0) is 52.3. The largest absolute Gasteiger partial charge is 0.350 e. The van der Waals surface area contributed by atoms with Crippen LogP contribution in [0.3, 0.4) is 0 Å². The van der Waals surface area contributed by atoms with Gasteiger partial charge in [0, 0.05) is 73.3 Å². The molecule has 6 aromatic heterocycles. The average Bonchev–Trinajstić information content (AvgIpc) is 3.47. The van der Waals surface area contributed by atoms with E-state index in [1.165, 1.54) is 34.4 Å². The number of nitrogens with zero attached hydrogens (tertiary/aromatic N) is 8. The predicted molar refractivity (Wildman–Crippen MR) is 309 cm³/mol. The van der Waals surface area contributed by atoms with Gasteiger partial charge in [0.05, 0.1) is 22.1 Å². The van der Waals surface area contributed by atoms with E-state index in [0.717, 1.165) is 26.2 Å². The third-order valence-electron chi connectivity index (χ3n) is 11.7. The van der Waals surface area contributed by atoms with Crippen molar-refractivity contribution in [1.29, 1.82) is 0 Å². The van der Waals surface area contributed by atoms with E-state index in [1.54, 1.807) is 48.5 Å². The molecule has 0 aliphatic carbocycles. The molecule has 396 valence electrons. The summed E-state index contributed by atoms with van der Waals surface area (Å²) in [6.45, 7) is 2.92. The van der Waals surface area contributed by atoms with Crippen LogP contribution in [0, 0.1) is 0 Å². The van der Waals surface area contributed by atoms with Crippen molar-refractivity contribution in [2.45, 2.75) is 48.5 Å². The highest BCUT2D eigenvalue weighted by molar-refractivity contribution is 6.06. The molecular weight excluding hydrogens is 985 g/mol. The summed E-state index contributed by atoms with van der Waals surface area (Å²) in [5, 5.41) is 6.70. The van der Waals surface area contributed by atoms with Gasteiger partial charge in [0.2, 0.25) is 0 Å². The van der Waals surface area contributed by atoms with E-state index >= 15 is 0 Å². The minimum atomic E-state index is -0.526. The van der Waals surface area contributed by atoms with Crippen LogP contribution in [0.25, 0.3) is 0 Å². The van der Waals surface area contributed by atoms with Gasteiger partial charge in [-0.05, 0) is 59.7 Å². The molecule has 14 heteroatoms. The lowest BCUT2D eigenvalue weighted by atomic mass is 10.2. The van der Waals surface area contributed by atoms with Gasteiger partial charge in [0.15, 0.2) is 37.9 Å². The first-order valence-electron chi connectivity index (χ1n) is 24.5. The lowest BCUT2D eigenvalue weighted by Crippen LogP contribution is -2.33. The Hall–Kier alpha value is -10.3. The predicted octanol–water partition coefficient (Wildman–Crippen LogP) is 10.4. The first-order valence-corrected chi connectivity index (χ1v) is 24.5. The van der Waals surface area contributed by atoms with Gasteiger partial charge in [-0.3, -0.25) is 19.2 Å². The second-order valence-corrected chi connectivity index (χ2v) is 17.5. The Balaban J connectivity index is 0.000000246. The molecule has 10 aromatic rings. The van der Waals surface area contributed by atoms with Gasteiger partial charge in [-0.2, -0.15) is 0 Å². The van der Waals surface area contributed by atoms with Crippen molar-refractivity contribution in [3.05, 3.63) is 312 Å². The summed E-state index contributed by atoms with van der Waals surface area (Å²) in [4.78, 5) is 67.8. The second-order valence-electron chi connectivity index (χ2n) is 17.5. The van der Waals surface area contributed by atoms with Crippen LogP contribution < -0.4 is 30.5 Å². The minimum absolute atomic E-state index is 0. The summed E-state index contributed by atoms with van der Waals surface area (Å²) in [6, 6.07) is 64.4. The standard InChI is InChI=1S/2C31H25N5O2.3CH4/c2*37-30(32-26-14-18-35(19-15-26)22-24-8-3-1-4-9-24)28-12-7-13-29(34-28)31(38)33-27-16-20-36(21-17-27)23-25-10-5-2-6-11-25;;;/h2*1-21H,22-23H2;3*1H4/p+2. The molecule has 0 atom stereocenters. The fourth-order valence-corrected chi connectivity index (χ4v) is 7.83. The Morgan fingerprint density at radius 3 is 1.01 bits per heavy atom. The van der Waals surface area contributed by atoms with Crippen LogP contribution in [0.2, 0.25) is 0 Å². The molecule has 0 fully saturated rings. The Morgan fingerprint density at radius 1 is 0.367 bits per heavy atom. The molecule has 4 amide bonds. The van der Waals surface area contributed by atoms with Crippen LogP contribution >= 0.6 is 0 Å². The van der Waals surface area contributed by atoms with Crippen LogP contribution in [-0.2, 0) is 26.2 Å². The fraction of sp³-hybridized carbons (Fsp3) is 0.108. The minimum Gasteiger partial charge on any atom is -0.350 e. The number of aromatic nitrogens is 6. The number of pyridine rings is 6. The molecule has 0 saturated heterocycles. The van der Waals surface area contributed by atoms with Crippen LogP contribution in [0.15, 0.2) is 266 Å². The fourth-order valence-electron chi connectivity index (χ4n) is 7.83. The average molecular weight is 1050 g/mol. The van der Waals surface area contributed by atoms with Crippen molar-refractivity contribution in [2.75, 3.05) is 10.6 Å². The maximum atomic E-state index is 12.8. The van der Waals surface area contributed by atoms with Gasteiger partial charge < -0.3 is 19.8 Å². The van der Waals surface area contributed by atoms with Gasteiger partial charge >= 0.3 is 0 Å². The number of rotatable bonds is 14. The van der Waals surface area contributed by atoms with Gasteiger partial charge in [-0.1, -0.05) is 156 Å². The van der Waals surface area contributed by atoms with E-state index in [9.17, 15) is 19.2 Å². The molecule has 10 rings (SSSR count). The van der Waals surface area contributed by atoms with E-state index in [1.807, 2.05) is 165 Å². The van der Waals surface area contributed by atoms with Gasteiger partial charge in [-0.15, -0.1) is 0 Å². The van der Waals surface area contributed by atoms with Gasteiger partial charge in [0.25, 0.3) is 23.6 Å². The molecule has 0 bridgehead atoms. The number of hydrogen-bond acceptors (Lipinski definition) is 6. The number of carbonyl (C=O) groups excluding carboxylic acids is 4. The maximum Gasteiger partial charge on any atom is 0.296 e. The SMILES string of the molecule is C.C.C.O=C(N=c1ccn(Cc2ccccc2)cc1)c1cccc(C(=O)N=c2ccn(Cc3ccccc3)cc2)n1.O=C(Nc1cc[n+](Cc2ccccc2)cc1)c1cccc(C(=O)Nc2cc[n+](Cc3ccccc3)cc2)n1. The maximum absolute atomic E-state index is 12.8. The highest BCUT2D eigenvalue weighted by atomic mass is 16.2. The van der Waals surface area contributed by atoms with E-state index < -0.39 is 11.8 Å². The van der Waals surface area contributed by atoms with Crippen molar-refractivity contribution < 1.29 is 28.3 Å². The molecule has 0 radical (unpaired) electrons. The molecule has 0 unspecified atom stereocenters. The van der Waals surface area contributed by atoms with E-state index in [2.05, 4.69) is 79.1 Å². The van der Waals surface area contributed by atoms with E-state index in [0.29, 0.717) is 22.1 Å². The molecule has 6 heterocycles. The molecule has 0 aliphatic heterocycles. The smallest absolute Gasteiger partial charge is 0.296 e. The summed E-state index contributed by atoms with van der Waals surface area (Å²) in [6.07, 6.45) is 15.1. The summed E-state index contributed by atoms with van der Waals surface area (Å²) in [7, 11) is 0. The first-order chi connectivity index (χ1) is 37.2. The summed E-state index contributed by atoms with van der Waals surface area (Å²) >= 11 is 0. The molecule has 4 aromatic carbocycles. The molecule has 79 heavy (non-hydrogen) atoms. The monoisotopic (exact) mass is 1050 g/mol. The number of hydrogen-bond donors (Lipinski definition) is 2. The number of amides is 4. The number of anilines is 2. The summed E-state index contributed by atoms with van der Waals surface area (Å²) in [5.41, 5.74) is 6.51. The first kappa shape index (κ1) is 57.9. The van der Waals surface area contributed by atoms with Crippen LogP contribution in [0.1, 0.15) is 86.5 Å². The highest BCUT2D eigenvalue weighted by Crippen LogP contribution is 2.11. The topological polar surface area (TPSA) is 160 Å². The van der Waals surface area contributed by atoms with Crippen molar-refractivity contribution in [3.8, 4) is 0 Å². The van der Waals surface area contributed by atoms with Crippen molar-refractivity contribution in [1.82, 2.24) is 19.1 Å². The van der Waals surface area contributed by atoms with Crippen LogP contribution in [-0.4, -0.2) is 42.7 Å². The normalized spacial score (nSPS) is 10.1. The van der Waals surface area contributed by atoms with E-state index in [4.69, 9.17) is 0 Å². The summed E-state index contributed by atoms with van der Waals surface area (Å²) < 4.78 is 8.07. The molecule has 0 aliphatic rings. The number of carbonyl (C=O) groups is 4. The quantitative estimate of drug-likeness (QED) is 0.103. The Bertz CT molecular complexity index is 3440. The third-order valence-corrected chi connectivity index (χ3v) is 11.7. The lowest BCUT2D eigenvalue weighted by molar-refractivity contribution is -0.688. The zero-order valence-electron chi connectivity index (χ0n) is 41.3. The number of benzene rings is 4. The van der Waals surface area contributed by atoms with Gasteiger partial charge in [0.1, 0.15) is 22.8 Å². The zero-order valence-corrected chi connectivity index (χ0v) is 41.3.